The number of aromatic nitrogens is 1. The van der Waals surface area contributed by atoms with E-state index in [4.69, 9.17) is 11.6 Å². The molecule has 78 valence electrons. The monoisotopic (exact) mass is 231 g/mol. The van der Waals surface area contributed by atoms with Crippen LogP contribution in [0.4, 0.5) is 0 Å². The largest absolute Gasteiger partial charge is 0.392 e. The number of rotatable bonds is 4. The molecule has 4 heteroatoms. The third kappa shape index (κ3) is 3.86. The second-order valence-electron chi connectivity index (χ2n) is 3.22. The zero-order valence-electron chi connectivity index (χ0n) is 8.27. The predicted molar refractivity (Wildman–Crippen MR) is 61.7 cm³/mol. The highest BCUT2D eigenvalue weighted by Crippen LogP contribution is 2.20. The molecule has 2 atom stereocenters. The molecule has 1 heterocycles. The minimum absolute atomic E-state index is 0.218. The fraction of sp³-hybridized carbons (Fsp3) is 0.500. The number of pyridine rings is 1. The molecule has 0 fully saturated rings. The van der Waals surface area contributed by atoms with Crippen molar-refractivity contribution in [3.8, 4) is 0 Å². The molecule has 0 aliphatic heterocycles. The van der Waals surface area contributed by atoms with E-state index >= 15 is 0 Å². The predicted octanol–water partition coefficient (Wildman–Crippen LogP) is 2.74. The molecule has 0 saturated carbocycles. The van der Waals surface area contributed by atoms with Crippen molar-refractivity contribution in [3.63, 3.8) is 0 Å². The molecule has 0 spiro atoms. The van der Waals surface area contributed by atoms with Crippen molar-refractivity contribution < 1.29 is 5.11 Å². The van der Waals surface area contributed by atoms with E-state index in [0.717, 1.165) is 11.4 Å². The van der Waals surface area contributed by atoms with Gasteiger partial charge in [0.25, 0.3) is 0 Å². The van der Waals surface area contributed by atoms with Crippen LogP contribution >= 0.6 is 23.4 Å². The molecule has 2 unspecified atom stereocenters. The van der Waals surface area contributed by atoms with E-state index in [1.165, 1.54) is 0 Å². The number of aliphatic hydroxyl groups excluding tert-OH is 1. The molecule has 0 amide bonds. The van der Waals surface area contributed by atoms with E-state index in [9.17, 15) is 5.11 Å². The van der Waals surface area contributed by atoms with Crippen LogP contribution in [0, 0.1) is 0 Å². The highest BCUT2D eigenvalue weighted by molar-refractivity contribution is 7.99. The maximum Gasteiger partial charge on any atom is 0.0628 e. The van der Waals surface area contributed by atoms with Gasteiger partial charge in [-0.25, -0.2) is 0 Å². The lowest BCUT2D eigenvalue weighted by molar-refractivity contribution is 0.196. The maximum absolute atomic E-state index is 9.29. The normalized spacial score (nSPS) is 15.1. The first-order valence-electron chi connectivity index (χ1n) is 4.49. The molecule has 0 bridgehead atoms. The van der Waals surface area contributed by atoms with E-state index in [1.807, 2.05) is 13.0 Å². The molecule has 0 saturated heterocycles. The molecule has 1 aromatic rings. The molecule has 0 aliphatic rings. The molecule has 14 heavy (non-hydrogen) atoms. The van der Waals surface area contributed by atoms with Crippen LogP contribution in [0.25, 0.3) is 0 Å². The van der Waals surface area contributed by atoms with Crippen molar-refractivity contribution in [2.75, 3.05) is 0 Å². The number of thioether (sulfide) groups is 1. The average molecular weight is 232 g/mol. The summed E-state index contributed by atoms with van der Waals surface area (Å²) in [6.07, 6.45) is 1.41. The third-order valence-electron chi connectivity index (χ3n) is 1.95. The molecule has 0 aliphatic carbocycles. The van der Waals surface area contributed by atoms with Crippen molar-refractivity contribution in [2.24, 2.45) is 0 Å². The summed E-state index contributed by atoms with van der Waals surface area (Å²) in [5.74, 6) is 0.784. The molecule has 1 aromatic heterocycles. The standard InChI is InChI=1S/C10H14ClNOS/c1-7(13)8(2)14-6-10-5-9(11)3-4-12-10/h3-5,7-8,13H,6H2,1-2H3. The van der Waals surface area contributed by atoms with E-state index < -0.39 is 0 Å². The highest BCUT2D eigenvalue weighted by atomic mass is 35.5. The quantitative estimate of drug-likeness (QED) is 0.865. The zero-order valence-corrected chi connectivity index (χ0v) is 9.85. The fourth-order valence-corrected chi connectivity index (χ4v) is 1.94. The first kappa shape index (κ1) is 11.8. The van der Waals surface area contributed by atoms with Gasteiger partial charge in [-0.3, -0.25) is 4.98 Å². The fourth-order valence-electron chi connectivity index (χ4n) is 0.884. The first-order chi connectivity index (χ1) is 6.59. The van der Waals surface area contributed by atoms with Gasteiger partial charge >= 0.3 is 0 Å². The van der Waals surface area contributed by atoms with Crippen molar-refractivity contribution in [2.45, 2.75) is 31.0 Å². The Hall–Kier alpha value is -0.250. The summed E-state index contributed by atoms with van der Waals surface area (Å²) in [5.41, 5.74) is 0.954. The van der Waals surface area contributed by atoms with Crippen LogP contribution in [0.15, 0.2) is 18.3 Å². The summed E-state index contributed by atoms with van der Waals surface area (Å²) in [6.45, 7) is 3.79. The van der Waals surface area contributed by atoms with Crippen LogP contribution in [-0.4, -0.2) is 21.4 Å². The number of halogens is 1. The first-order valence-corrected chi connectivity index (χ1v) is 5.92. The Balaban J connectivity index is 2.45. The molecule has 0 aromatic carbocycles. The summed E-state index contributed by atoms with van der Waals surface area (Å²) >= 11 is 7.50. The van der Waals surface area contributed by atoms with Gasteiger partial charge in [0.05, 0.1) is 11.8 Å². The topological polar surface area (TPSA) is 33.1 Å². The van der Waals surface area contributed by atoms with Crippen LogP contribution in [0.2, 0.25) is 5.02 Å². The smallest absolute Gasteiger partial charge is 0.0628 e. The summed E-state index contributed by atoms with van der Waals surface area (Å²) in [7, 11) is 0. The summed E-state index contributed by atoms with van der Waals surface area (Å²) in [5, 5.41) is 10.2. The molecular weight excluding hydrogens is 218 g/mol. The Bertz CT molecular complexity index is 293. The van der Waals surface area contributed by atoms with Gasteiger partial charge in [0.1, 0.15) is 0 Å². The molecule has 2 nitrogen and oxygen atoms in total. The summed E-state index contributed by atoms with van der Waals surface area (Å²) in [4.78, 5) is 4.18. The summed E-state index contributed by atoms with van der Waals surface area (Å²) in [6, 6.07) is 3.61. The van der Waals surface area contributed by atoms with Gasteiger partial charge < -0.3 is 5.11 Å². The number of aliphatic hydroxyl groups is 1. The third-order valence-corrected chi connectivity index (χ3v) is 3.57. The maximum atomic E-state index is 9.29. The second kappa shape index (κ2) is 5.59. The highest BCUT2D eigenvalue weighted by Gasteiger charge is 2.09. The van der Waals surface area contributed by atoms with Crippen LogP contribution in [0.1, 0.15) is 19.5 Å². The number of hydrogen-bond donors (Lipinski definition) is 1. The van der Waals surface area contributed by atoms with Gasteiger partial charge in [0.2, 0.25) is 0 Å². The Morgan fingerprint density at radius 2 is 2.29 bits per heavy atom. The Morgan fingerprint density at radius 3 is 2.86 bits per heavy atom. The average Bonchev–Trinajstić information content (AvgIpc) is 2.14. The zero-order chi connectivity index (χ0) is 10.6. The summed E-state index contributed by atoms with van der Waals surface area (Å²) < 4.78 is 0. The van der Waals surface area contributed by atoms with Crippen molar-refractivity contribution in [1.82, 2.24) is 4.98 Å². The van der Waals surface area contributed by atoms with Crippen LogP contribution in [0.5, 0.6) is 0 Å². The Morgan fingerprint density at radius 1 is 1.57 bits per heavy atom. The molecule has 1 N–H and O–H groups in total. The lowest BCUT2D eigenvalue weighted by atomic mass is 10.3. The van der Waals surface area contributed by atoms with Crippen molar-refractivity contribution in [1.29, 1.82) is 0 Å². The van der Waals surface area contributed by atoms with Gasteiger partial charge in [0, 0.05) is 22.2 Å². The van der Waals surface area contributed by atoms with E-state index in [0.29, 0.717) is 5.02 Å². The van der Waals surface area contributed by atoms with Crippen molar-refractivity contribution >= 4 is 23.4 Å². The number of nitrogens with zero attached hydrogens (tertiary/aromatic N) is 1. The van der Waals surface area contributed by atoms with Crippen LogP contribution < -0.4 is 0 Å². The lowest BCUT2D eigenvalue weighted by Gasteiger charge is -2.13. The van der Waals surface area contributed by atoms with Crippen LogP contribution in [-0.2, 0) is 5.75 Å². The van der Waals surface area contributed by atoms with Gasteiger partial charge in [-0.2, -0.15) is 0 Å². The van der Waals surface area contributed by atoms with E-state index in [1.54, 1.807) is 30.9 Å². The molecule has 0 radical (unpaired) electrons. The van der Waals surface area contributed by atoms with Crippen molar-refractivity contribution in [3.05, 3.63) is 29.0 Å². The lowest BCUT2D eigenvalue weighted by Crippen LogP contribution is -2.15. The van der Waals surface area contributed by atoms with E-state index in [-0.39, 0.29) is 11.4 Å². The molecular formula is C10H14ClNOS. The minimum Gasteiger partial charge on any atom is -0.392 e. The Kier molecular flexibility index (Phi) is 4.72. The SMILES string of the molecule is CC(O)C(C)SCc1cc(Cl)ccn1. The van der Waals surface area contributed by atoms with Gasteiger partial charge in [-0.05, 0) is 19.1 Å². The molecule has 1 rings (SSSR count). The second-order valence-corrected chi connectivity index (χ2v) is 5.02. The minimum atomic E-state index is -0.292. The van der Waals surface area contributed by atoms with Gasteiger partial charge in [0.15, 0.2) is 0 Å². The Labute approximate surface area is 93.7 Å². The van der Waals surface area contributed by atoms with Gasteiger partial charge in [-0.15, -0.1) is 11.8 Å². The van der Waals surface area contributed by atoms with Crippen LogP contribution in [0.3, 0.4) is 0 Å². The van der Waals surface area contributed by atoms with E-state index in [2.05, 4.69) is 4.98 Å². The number of hydrogen-bond acceptors (Lipinski definition) is 3. The van der Waals surface area contributed by atoms with Gasteiger partial charge in [-0.1, -0.05) is 18.5 Å².